The molecule has 104 valence electrons. The zero-order chi connectivity index (χ0) is 14.4. The van der Waals surface area contributed by atoms with Crippen molar-refractivity contribution in [2.75, 3.05) is 11.9 Å². The maximum atomic E-state index is 12.1. The molecule has 0 fully saturated rings. The SMILES string of the molecule is CCNCc1ccc(NC(=O)c2ccnc(C)c2)cc1. The molecule has 2 rings (SSSR count). The predicted octanol–water partition coefficient (Wildman–Crippen LogP) is 2.75. The standard InChI is InChI=1S/C16H19N3O/c1-3-17-11-13-4-6-15(7-5-13)19-16(20)14-8-9-18-12(2)10-14/h4-10,17H,3,11H2,1-2H3,(H,19,20). The molecule has 1 amide bonds. The van der Waals surface area contributed by atoms with Crippen molar-refractivity contribution in [3.63, 3.8) is 0 Å². The molecule has 0 aliphatic heterocycles. The van der Waals surface area contributed by atoms with Gasteiger partial charge in [0.05, 0.1) is 0 Å². The van der Waals surface area contributed by atoms with Gasteiger partial charge >= 0.3 is 0 Å². The minimum atomic E-state index is -0.116. The average Bonchev–Trinajstić information content (AvgIpc) is 2.46. The second-order valence-electron chi connectivity index (χ2n) is 4.62. The summed E-state index contributed by atoms with van der Waals surface area (Å²) < 4.78 is 0. The van der Waals surface area contributed by atoms with E-state index < -0.39 is 0 Å². The molecule has 4 heteroatoms. The van der Waals surface area contributed by atoms with Gasteiger partial charge in [0.2, 0.25) is 0 Å². The van der Waals surface area contributed by atoms with Crippen LogP contribution in [0.5, 0.6) is 0 Å². The van der Waals surface area contributed by atoms with Gasteiger partial charge in [0.1, 0.15) is 0 Å². The first-order valence-corrected chi connectivity index (χ1v) is 6.72. The second-order valence-corrected chi connectivity index (χ2v) is 4.62. The highest BCUT2D eigenvalue weighted by Gasteiger charge is 2.06. The molecule has 0 aliphatic rings. The van der Waals surface area contributed by atoms with Crippen molar-refractivity contribution < 1.29 is 4.79 Å². The van der Waals surface area contributed by atoms with E-state index in [1.165, 1.54) is 5.56 Å². The van der Waals surface area contributed by atoms with Crippen molar-refractivity contribution >= 4 is 11.6 Å². The first-order chi connectivity index (χ1) is 9.69. The summed E-state index contributed by atoms with van der Waals surface area (Å²) in [6.45, 7) is 5.73. The van der Waals surface area contributed by atoms with Gasteiger partial charge in [-0.2, -0.15) is 0 Å². The molecule has 0 bridgehead atoms. The van der Waals surface area contributed by atoms with Crippen molar-refractivity contribution in [2.45, 2.75) is 20.4 Å². The lowest BCUT2D eigenvalue weighted by Gasteiger charge is -2.07. The molecule has 20 heavy (non-hydrogen) atoms. The summed E-state index contributed by atoms with van der Waals surface area (Å²) in [7, 11) is 0. The van der Waals surface area contributed by atoms with Crippen molar-refractivity contribution in [3.05, 3.63) is 59.4 Å². The largest absolute Gasteiger partial charge is 0.322 e. The molecule has 1 heterocycles. The van der Waals surface area contributed by atoms with Crippen LogP contribution in [-0.4, -0.2) is 17.4 Å². The fourth-order valence-electron chi connectivity index (χ4n) is 1.87. The van der Waals surface area contributed by atoms with Crippen LogP contribution in [0.4, 0.5) is 5.69 Å². The lowest BCUT2D eigenvalue weighted by atomic mass is 10.2. The Morgan fingerprint density at radius 2 is 1.95 bits per heavy atom. The van der Waals surface area contributed by atoms with Gasteiger partial charge < -0.3 is 10.6 Å². The third-order valence-corrected chi connectivity index (χ3v) is 2.95. The molecule has 1 aromatic carbocycles. The molecule has 4 nitrogen and oxygen atoms in total. The molecule has 0 radical (unpaired) electrons. The normalized spacial score (nSPS) is 10.3. The summed E-state index contributed by atoms with van der Waals surface area (Å²) in [5.74, 6) is -0.116. The van der Waals surface area contributed by atoms with Crippen LogP contribution >= 0.6 is 0 Å². The summed E-state index contributed by atoms with van der Waals surface area (Å²) in [4.78, 5) is 16.2. The van der Waals surface area contributed by atoms with E-state index in [1.54, 1.807) is 18.3 Å². The van der Waals surface area contributed by atoms with Crippen LogP contribution < -0.4 is 10.6 Å². The number of nitrogens with zero attached hydrogens (tertiary/aromatic N) is 1. The lowest BCUT2D eigenvalue weighted by Crippen LogP contribution is -2.13. The highest BCUT2D eigenvalue weighted by Crippen LogP contribution is 2.11. The number of hydrogen-bond acceptors (Lipinski definition) is 3. The number of benzene rings is 1. The van der Waals surface area contributed by atoms with E-state index in [1.807, 2.05) is 31.2 Å². The monoisotopic (exact) mass is 269 g/mol. The Labute approximate surface area is 119 Å². The number of amides is 1. The highest BCUT2D eigenvalue weighted by molar-refractivity contribution is 6.04. The Balaban J connectivity index is 2.01. The zero-order valence-electron chi connectivity index (χ0n) is 11.8. The van der Waals surface area contributed by atoms with Crippen molar-refractivity contribution in [1.82, 2.24) is 10.3 Å². The number of anilines is 1. The van der Waals surface area contributed by atoms with Gasteiger partial charge in [0.25, 0.3) is 5.91 Å². The first-order valence-electron chi connectivity index (χ1n) is 6.72. The fraction of sp³-hybridized carbons (Fsp3) is 0.250. The van der Waals surface area contributed by atoms with Crippen LogP contribution in [-0.2, 0) is 6.54 Å². The van der Waals surface area contributed by atoms with E-state index in [9.17, 15) is 4.79 Å². The molecule has 0 atom stereocenters. The smallest absolute Gasteiger partial charge is 0.255 e. The van der Waals surface area contributed by atoms with Crippen LogP contribution in [0.15, 0.2) is 42.6 Å². The topological polar surface area (TPSA) is 54.0 Å². The number of aryl methyl sites for hydroxylation is 1. The summed E-state index contributed by atoms with van der Waals surface area (Å²) in [5, 5.41) is 6.14. The molecule has 2 N–H and O–H groups in total. The maximum Gasteiger partial charge on any atom is 0.255 e. The molecular formula is C16H19N3O. The van der Waals surface area contributed by atoms with Gasteiger partial charge in [-0.15, -0.1) is 0 Å². The Morgan fingerprint density at radius 1 is 1.20 bits per heavy atom. The molecule has 2 aromatic rings. The fourth-order valence-corrected chi connectivity index (χ4v) is 1.87. The molecule has 0 aliphatic carbocycles. The quantitative estimate of drug-likeness (QED) is 0.877. The molecule has 0 unspecified atom stereocenters. The highest BCUT2D eigenvalue weighted by atomic mass is 16.1. The Kier molecular flexibility index (Phi) is 4.85. The number of hydrogen-bond donors (Lipinski definition) is 2. The average molecular weight is 269 g/mol. The van der Waals surface area contributed by atoms with Gasteiger partial charge in [-0.25, -0.2) is 0 Å². The van der Waals surface area contributed by atoms with E-state index in [0.717, 1.165) is 24.5 Å². The maximum absolute atomic E-state index is 12.1. The predicted molar refractivity (Wildman–Crippen MR) is 80.7 cm³/mol. The summed E-state index contributed by atoms with van der Waals surface area (Å²) in [6.07, 6.45) is 1.64. The third-order valence-electron chi connectivity index (χ3n) is 2.95. The summed E-state index contributed by atoms with van der Waals surface area (Å²) in [6, 6.07) is 11.3. The van der Waals surface area contributed by atoms with Crippen LogP contribution in [0.2, 0.25) is 0 Å². The van der Waals surface area contributed by atoms with Gasteiger partial charge in [-0.1, -0.05) is 19.1 Å². The van der Waals surface area contributed by atoms with E-state index in [0.29, 0.717) is 5.56 Å². The van der Waals surface area contributed by atoms with E-state index in [2.05, 4.69) is 22.5 Å². The van der Waals surface area contributed by atoms with E-state index in [4.69, 9.17) is 0 Å². The Hall–Kier alpha value is -2.20. The lowest BCUT2D eigenvalue weighted by molar-refractivity contribution is 0.102. The van der Waals surface area contributed by atoms with Crippen LogP contribution in [0.3, 0.4) is 0 Å². The van der Waals surface area contributed by atoms with Gasteiger partial charge in [-0.3, -0.25) is 9.78 Å². The van der Waals surface area contributed by atoms with E-state index in [-0.39, 0.29) is 5.91 Å². The summed E-state index contributed by atoms with van der Waals surface area (Å²) >= 11 is 0. The third kappa shape index (κ3) is 3.90. The van der Waals surface area contributed by atoms with Gasteiger partial charge in [-0.05, 0) is 43.3 Å². The zero-order valence-corrected chi connectivity index (χ0v) is 11.8. The molecule has 0 spiro atoms. The van der Waals surface area contributed by atoms with Crippen molar-refractivity contribution in [1.29, 1.82) is 0 Å². The first kappa shape index (κ1) is 14.2. The molecule has 1 aromatic heterocycles. The molecule has 0 saturated carbocycles. The summed E-state index contributed by atoms with van der Waals surface area (Å²) in [5.41, 5.74) is 3.45. The van der Waals surface area contributed by atoms with Crippen LogP contribution in [0.1, 0.15) is 28.5 Å². The molecule has 0 saturated heterocycles. The number of aromatic nitrogens is 1. The number of nitrogens with one attached hydrogen (secondary N) is 2. The van der Waals surface area contributed by atoms with Gasteiger partial charge in [0, 0.05) is 29.7 Å². The van der Waals surface area contributed by atoms with E-state index >= 15 is 0 Å². The second kappa shape index (κ2) is 6.82. The Morgan fingerprint density at radius 3 is 2.60 bits per heavy atom. The van der Waals surface area contributed by atoms with Gasteiger partial charge in [0.15, 0.2) is 0 Å². The number of rotatable bonds is 5. The van der Waals surface area contributed by atoms with Crippen molar-refractivity contribution in [2.24, 2.45) is 0 Å². The minimum absolute atomic E-state index is 0.116. The number of carbonyl (C=O) groups is 1. The Bertz CT molecular complexity index is 579. The van der Waals surface area contributed by atoms with Crippen molar-refractivity contribution in [3.8, 4) is 0 Å². The number of pyridine rings is 1. The molecular weight excluding hydrogens is 250 g/mol. The number of carbonyl (C=O) groups excluding carboxylic acids is 1. The minimum Gasteiger partial charge on any atom is -0.322 e. The van der Waals surface area contributed by atoms with Crippen LogP contribution in [0, 0.1) is 6.92 Å². The van der Waals surface area contributed by atoms with Crippen LogP contribution in [0.25, 0.3) is 0 Å².